The maximum Gasteiger partial charge on any atom is 0.264 e. The van der Waals surface area contributed by atoms with Crippen LogP contribution in [0.4, 0.5) is 5.69 Å². The van der Waals surface area contributed by atoms with Crippen LogP contribution in [0.3, 0.4) is 0 Å². The lowest BCUT2D eigenvalue weighted by Gasteiger charge is -2.32. The number of carbonyl (C=O) groups is 2. The van der Waals surface area contributed by atoms with Gasteiger partial charge in [0.1, 0.15) is 24.1 Å². The second-order valence-electron chi connectivity index (χ2n) is 10.2. The van der Waals surface area contributed by atoms with Gasteiger partial charge in [0.25, 0.3) is 10.0 Å². The molecule has 0 bridgehead atoms. The Morgan fingerprint density at radius 2 is 1.37 bits per heavy atom. The SMILES string of the molecule is COc1ccc(CN(C(=O)CN(c2ccc(C)cc2)S(=O)(=O)c2ccc(OC)cc2)C(C)C(=O)NCC(C)C)cc1. The molecule has 9 nitrogen and oxygen atoms in total. The van der Waals surface area contributed by atoms with Crippen molar-refractivity contribution >= 4 is 27.5 Å². The van der Waals surface area contributed by atoms with Gasteiger partial charge in [0.05, 0.1) is 24.8 Å². The number of methoxy groups -OCH3 is 2. The van der Waals surface area contributed by atoms with Crippen LogP contribution in [-0.2, 0) is 26.2 Å². The first-order valence-electron chi connectivity index (χ1n) is 13.4. The molecule has 0 saturated carbocycles. The van der Waals surface area contributed by atoms with E-state index in [9.17, 15) is 18.0 Å². The first-order valence-corrected chi connectivity index (χ1v) is 14.8. The molecule has 1 N–H and O–H groups in total. The third-order valence-electron chi connectivity index (χ3n) is 6.61. The van der Waals surface area contributed by atoms with Gasteiger partial charge in [-0.05, 0) is 73.9 Å². The van der Waals surface area contributed by atoms with Crippen molar-refractivity contribution in [3.05, 3.63) is 83.9 Å². The molecule has 10 heteroatoms. The number of sulfonamides is 1. The summed E-state index contributed by atoms with van der Waals surface area (Å²) in [6.07, 6.45) is 0. The summed E-state index contributed by atoms with van der Waals surface area (Å²) in [7, 11) is -1.10. The lowest BCUT2D eigenvalue weighted by atomic mass is 10.1. The van der Waals surface area contributed by atoms with Crippen molar-refractivity contribution in [2.24, 2.45) is 5.92 Å². The number of ether oxygens (including phenoxy) is 2. The molecule has 0 radical (unpaired) electrons. The molecule has 220 valence electrons. The third kappa shape index (κ3) is 8.23. The van der Waals surface area contributed by atoms with Gasteiger partial charge >= 0.3 is 0 Å². The average molecular weight is 582 g/mol. The first-order chi connectivity index (χ1) is 19.5. The van der Waals surface area contributed by atoms with Gasteiger partial charge in [0, 0.05) is 13.1 Å². The van der Waals surface area contributed by atoms with Crippen LogP contribution < -0.4 is 19.1 Å². The number of anilines is 1. The van der Waals surface area contributed by atoms with Crippen molar-refractivity contribution in [3.63, 3.8) is 0 Å². The van der Waals surface area contributed by atoms with Gasteiger partial charge in [0.15, 0.2) is 0 Å². The second kappa shape index (κ2) is 14.0. The van der Waals surface area contributed by atoms with Crippen LogP contribution in [0.1, 0.15) is 31.9 Å². The first kappa shape index (κ1) is 31.5. The van der Waals surface area contributed by atoms with E-state index in [4.69, 9.17) is 9.47 Å². The molecule has 3 rings (SSSR count). The molecule has 1 unspecified atom stereocenters. The zero-order chi connectivity index (χ0) is 30.2. The van der Waals surface area contributed by atoms with E-state index in [1.807, 2.05) is 32.9 Å². The van der Waals surface area contributed by atoms with Crippen LogP contribution in [0, 0.1) is 12.8 Å². The highest BCUT2D eigenvalue weighted by molar-refractivity contribution is 7.92. The highest BCUT2D eigenvalue weighted by Gasteiger charge is 2.32. The lowest BCUT2D eigenvalue weighted by Crippen LogP contribution is -2.51. The Kier molecular flexibility index (Phi) is 10.8. The number of benzene rings is 3. The summed E-state index contributed by atoms with van der Waals surface area (Å²) in [5, 5.41) is 2.88. The van der Waals surface area contributed by atoms with Gasteiger partial charge in [-0.2, -0.15) is 0 Å². The van der Waals surface area contributed by atoms with E-state index < -0.39 is 28.5 Å². The van der Waals surface area contributed by atoms with Crippen molar-refractivity contribution in [1.82, 2.24) is 10.2 Å². The van der Waals surface area contributed by atoms with E-state index in [0.717, 1.165) is 15.4 Å². The summed E-state index contributed by atoms with van der Waals surface area (Å²) in [5.74, 6) is 0.550. The number of carbonyl (C=O) groups excluding carboxylic acids is 2. The number of hydrogen-bond acceptors (Lipinski definition) is 6. The summed E-state index contributed by atoms with van der Waals surface area (Å²) in [6, 6.07) is 19.2. The Labute approximate surface area is 243 Å². The molecule has 1 atom stereocenters. The molecule has 3 aromatic rings. The maximum atomic E-state index is 14.0. The standard InChI is InChI=1S/C31H39N3O6S/c1-22(2)19-32-31(36)24(4)33(20-25-9-13-27(39-5)14-10-25)30(35)21-34(26-11-7-23(3)8-12-26)41(37,38)29-17-15-28(40-6)16-18-29/h7-18,22,24H,19-21H2,1-6H3,(H,32,36). The number of amides is 2. The van der Waals surface area contributed by atoms with Crippen LogP contribution >= 0.6 is 0 Å². The molecule has 41 heavy (non-hydrogen) atoms. The fourth-order valence-electron chi connectivity index (χ4n) is 4.08. The van der Waals surface area contributed by atoms with Gasteiger partial charge in [-0.1, -0.05) is 43.7 Å². The van der Waals surface area contributed by atoms with Gasteiger partial charge in [0.2, 0.25) is 11.8 Å². The van der Waals surface area contributed by atoms with E-state index >= 15 is 0 Å². The van der Waals surface area contributed by atoms with Crippen molar-refractivity contribution in [2.75, 3.05) is 31.6 Å². The molecule has 0 heterocycles. The van der Waals surface area contributed by atoms with Crippen LogP contribution in [0.15, 0.2) is 77.7 Å². The monoisotopic (exact) mass is 581 g/mol. The van der Waals surface area contributed by atoms with Gasteiger partial charge in [-0.25, -0.2) is 8.42 Å². The normalized spacial score (nSPS) is 12.0. The Morgan fingerprint density at radius 3 is 1.88 bits per heavy atom. The minimum Gasteiger partial charge on any atom is -0.497 e. The Hall–Kier alpha value is -4.05. The van der Waals surface area contributed by atoms with Crippen molar-refractivity contribution in [1.29, 1.82) is 0 Å². The molecule has 3 aromatic carbocycles. The van der Waals surface area contributed by atoms with E-state index in [0.29, 0.717) is 23.7 Å². The molecular formula is C31H39N3O6S. The van der Waals surface area contributed by atoms with Crippen molar-refractivity contribution in [3.8, 4) is 11.5 Å². The molecular weight excluding hydrogens is 542 g/mol. The lowest BCUT2D eigenvalue weighted by molar-refractivity contribution is -0.139. The summed E-state index contributed by atoms with van der Waals surface area (Å²) in [5.41, 5.74) is 2.04. The molecule has 0 fully saturated rings. The van der Waals surface area contributed by atoms with Crippen LogP contribution in [0.5, 0.6) is 11.5 Å². The predicted octanol–water partition coefficient (Wildman–Crippen LogP) is 4.40. The van der Waals surface area contributed by atoms with Crippen LogP contribution in [0.25, 0.3) is 0 Å². The van der Waals surface area contributed by atoms with Gasteiger partial charge < -0.3 is 19.7 Å². The fraction of sp³-hybridized carbons (Fsp3) is 0.355. The second-order valence-corrected chi connectivity index (χ2v) is 12.1. The largest absolute Gasteiger partial charge is 0.497 e. The highest BCUT2D eigenvalue weighted by Crippen LogP contribution is 2.26. The van der Waals surface area contributed by atoms with Gasteiger partial charge in [-0.15, -0.1) is 0 Å². The van der Waals surface area contributed by atoms with Crippen molar-refractivity contribution in [2.45, 2.75) is 45.2 Å². The third-order valence-corrected chi connectivity index (χ3v) is 8.40. The fourth-order valence-corrected chi connectivity index (χ4v) is 5.49. The Balaban J connectivity index is 2.00. The zero-order valence-electron chi connectivity index (χ0n) is 24.5. The number of nitrogens with one attached hydrogen (secondary N) is 1. The van der Waals surface area contributed by atoms with Crippen LogP contribution in [0.2, 0.25) is 0 Å². The molecule has 0 aliphatic heterocycles. The molecule has 0 aliphatic carbocycles. The smallest absolute Gasteiger partial charge is 0.264 e. The summed E-state index contributed by atoms with van der Waals surface area (Å²) in [4.78, 5) is 28.5. The topological polar surface area (TPSA) is 105 Å². The summed E-state index contributed by atoms with van der Waals surface area (Å²) < 4.78 is 39.3. The minimum atomic E-state index is -4.16. The molecule has 0 saturated heterocycles. The summed E-state index contributed by atoms with van der Waals surface area (Å²) in [6.45, 7) is 7.55. The Bertz CT molecular complexity index is 1410. The summed E-state index contributed by atoms with van der Waals surface area (Å²) >= 11 is 0. The number of hydrogen-bond donors (Lipinski definition) is 1. The van der Waals surface area contributed by atoms with E-state index in [-0.39, 0.29) is 23.3 Å². The Morgan fingerprint density at radius 1 is 0.829 bits per heavy atom. The number of rotatable bonds is 13. The minimum absolute atomic E-state index is 0.0103. The van der Waals surface area contributed by atoms with Gasteiger partial charge in [-0.3, -0.25) is 13.9 Å². The van der Waals surface area contributed by atoms with Crippen LogP contribution in [-0.4, -0.2) is 58.5 Å². The maximum absolute atomic E-state index is 14.0. The zero-order valence-corrected chi connectivity index (χ0v) is 25.3. The quantitative estimate of drug-likeness (QED) is 0.321. The highest BCUT2D eigenvalue weighted by atomic mass is 32.2. The molecule has 2 amide bonds. The molecule has 0 aliphatic rings. The van der Waals surface area contributed by atoms with E-state index in [2.05, 4.69) is 5.32 Å². The van der Waals surface area contributed by atoms with Crippen molar-refractivity contribution < 1.29 is 27.5 Å². The molecule has 0 spiro atoms. The van der Waals surface area contributed by atoms with E-state index in [1.54, 1.807) is 62.6 Å². The average Bonchev–Trinajstić information content (AvgIpc) is 2.97. The predicted molar refractivity (Wildman–Crippen MR) is 160 cm³/mol. The van der Waals surface area contributed by atoms with E-state index in [1.165, 1.54) is 24.1 Å². The number of aryl methyl sites for hydroxylation is 1. The number of nitrogens with zero attached hydrogens (tertiary/aromatic N) is 2. The molecule has 0 aromatic heterocycles.